The number of carbonyl (C=O) groups is 1. The van der Waals surface area contributed by atoms with Gasteiger partial charge in [-0.2, -0.15) is 4.37 Å². The van der Waals surface area contributed by atoms with Crippen LogP contribution < -0.4 is 5.32 Å². The number of nitrogens with one attached hydrogen (secondary N) is 1. The van der Waals surface area contributed by atoms with E-state index in [1.807, 2.05) is 0 Å². The molecule has 1 aromatic heterocycles. The quantitative estimate of drug-likeness (QED) is 0.793. The Morgan fingerprint density at radius 1 is 1.71 bits per heavy atom. The van der Waals surface area contributed by atoms with Crippen molar-refractivity contribution >= 4 is 17.5 Å². The number of aromatic carboxylic acids is 1. The van der Waals surface area contributed by atoms with E-state index >= 15 is 0 Å². The van der Waals surface area contributed by atoms with Gasteiger partial charge in [-0.1, -0.05) is 6.42 Å². The summed E-state index contributed by atoms with van der Waals surface area (Å²) in [4.78, 5) is 11.1. The lowest BCUT2D eigenvalue weighted by Crippen LogP contribution is -2.34. The van der Waals surface area contributed by atoms with Crippen LogP contribution in [0.15, 0.2) is 6.20 Å². The summed E-state index contributed by atoms with van der Waals surface area (Å²) in [5, 5.41) is 12.2. The Morgan fingerprint density at radius 2 is 2.50 bits per heavy atom. The molecule has 2 N–H and O–H groups in total. The van der Waals surface area contributed by atoms with Gasteiger partial charge in [-0.15, -0.1) is 0 Å². The van der Waals surface area contributed by atoms with Crippen molar-refractivity contribution in [2.24, 2.45) is 0 Å². The van der Waals surface area contributed by atoms with Gasteiger partial charge in [0.05, 0.1) is 0 Å². The van der Waals surface area contributed by atoms with E-state index < -0.39 is 5.97 Å². The van der Waals surface area contributed by atoms with Gasteiger partial charge in [0, 0.05) is 24.3 Å². The SMILES string of the molecule is O=C(O)c1sncc1CNC1CCC1. The molecule has 0 bridgehead atoms. The normalized spacial score (nSPS) is 16.6. The first-order valence-corrected chi connectivity index (χ1v) is 5.45. The van der Waals surface area contributed by atoms with Gasteiger partial charge in [0.1, 0.15) is 4.88 Å². The Morgan fingerprint density at radius 3 is 3.07 bits per heavy atom. The minimum absolute atomic E-state index is 0.358. The Hall–Kier alpha value is -0.940. The van der Waals surface area contributed by atoms with Crippen molar-refractivity contribution in [1.82, 2.24) is 9.69 Å². The van der Waals surface area contributed by atoms with Gasteiger partial charge in [0.15, 0.2) is 0 Å². The maximum absolute atomic E-state index is 10.8. The third kappa shape index (κ3) is 1.93. The van der Waals surface area contributed by atoms with Crippen LogP contribution in [0.4, 0.5) is 0 Å². The standard InChI is InChI=1S/C9H12N2O2S/c12-9(13)8-6(5-11-14-8)4-10-7-2-1-3-7/h5,7,10H,1-4H2,(H,12,13). The zero-order chi connectivity index (χ0) is 9.97. The number of hydrogen-bond donors (Lipinski definition) is 2. The maximum atomic E-state index is 10.8. The molecular weight excluding hydrogens is 200 g/mol. The highest BCUT2D eigenvalue weighted by molar-refractivity contribution is 7.08. The third-order valence-corrected chi connectivity index (χ3v) is 3.35. The molecule has 5 heteroatoms. The average Bonchev–Trinajstić information content (AvgIpc) is 2.49. The molecule has 0 unspecified atom stereocenters. The summed E-state index contributed by atoms with van der Waals surface area (Å²) in [5.41, 5.74) is 0.800. The van der Waals surface area contributed by atoms with Crippen LogP contribution in [0.5, 0.6) is 0 Å². The second-order valence-corrected chi connectivity index (χ2v) is 4.30. The molecule has 0 saturated heterocycles. The molecule has 1 aliphatic carbocycles. The summed E-state index contributed by atoms with van der Waals surface area (Å²) in [5.74, 6) is -0.877. The molecule has 0 aromatic carbocycles. The van der Waals surface area contributed by atoms with Crippen LogP contribution in [0.3, 0.4) is 0 Å². The van der Waals surface area contributed by atoms with Crippen molar-refractivity contribution in [2.45, 2.75) is 31.8 Å². The van der Waals surface area contributed by atoms with E-state index in [4.69, 9.17) is 5.11 Å². The van der Waals surface area contributed by atoms with Gasteiger partial charge < -0.3 is 10.4 Å². The fourth-order valence-corrected chi connectivity index (χ4v) is 2.03. The van der Waals surface area contributed by atoms with E-state index in [0.29, 0.717) is 17.5 Å². The molecule has 2 rings (SSSR count). The molecule has 0 amide bonds. The Kier molecular flexibility index (Phi) is 2.79. The van der Waals surface area contributed by atoms with Crippen molar-refractivity contribution in [3.8, 4) is 0 Å². The largest absolute Gasteiger partial charge is 0.477 e. The summed E-state index contributed by atoms with van der Waals surface area (Å²) in [6.07, 6.45) is 5.34. The summed E-state index contributed by atoms with van der Waals surface area (Å²) in [6.45, 7) is 0.628. The summed E-state index contributed by atoms with van der Waals surface area (Å²) in [6, 6.07) is 0.580. The molecule has 0 spiro atoms. The number of carboxylic acids is 1. The molecule has 1 aliphatic rings. The number of carboxylic acid groups (broad SMARTS) is 1. The molecule has 0 aliphatic heterocycles. The molecule has 14 heavy (non-hydrogen) atoms. The minimum Gasteiger partial charge on any atom is -0.477 e. The lowest BCUT2D eigenvalue weighted by Gasteiger charge is -2.26. The molecule has 1 fully saturated rings. The van der Waals surface area contributed by atoms with Crippen LogP contribution in [0.1, 0.15) is 34.5 Å². The smallest absolute Gasteiger partial charge is 0.347 e. The second-order valence-electron chi connectivity index (χ2n) is 3.49. The Bertz CT molecular complexity index is 333. The van der Waals surface area contributed by atoms with Crippen LogP contribution in [0.2, 0.25) is 0 Å². The third-order valence-electron chi connectivity index (χ3n) is 2.52. The highest BCUT2D eigenvalue weighted by atomic mass is 32.1. The highest BCUT2D eigenvalue weighted by Gasteiger charge is 2.18. The Balaban J connectivity index is 1.94. The van der Waals surface area contributed by atoms with Crippen LogP contribution in [-0.4, -0.2) is 21.5 Å². The van der Waals surface area contributed by atoms with E-state index in [1.165, 1.54) is 19.3 Å². The summed E-state index contributed by atoms with van der Waals surface area (Å²) in [7, 11) is 0. The zero-order valence-corrected chi connectivity index (χ0v) is 8.51. The summed E-state index contributed by atoms with van der Waals surface area (Å²) >= 11 is 1.05. The first kappa shape index (κ1) is 9.61. The number of hydrogen-bond acceptors (Lipinski definition) is 4. The van der Waals surface area contributed by atoms with Crippen molar-refractivity contribution in [2.75, 3.05) is 0 Å². The average molecular weight is 212 g/mol. The minimum atomic E-state index is -0.877. The van der Waals surface area contributed by atoms with Gasteiger partial charge in [-0.25, -0.2) is 4.79 Å². The predicted octanol–water partition coefficient (Wildman–Crippen LogP) is 1.48. The van der Waals surface area contributed by atoms with Crippen molar-refractivity contribution in [3.63, 3.8) is 0 Å². The number of aromatic nitrogens is 1. The number of rotatable bonds is 4. The number of nitrogens with zero attached hydrogens (tertiary/aromatic N) is 1. The molecule has 1 aromatic rings. The van der Waals surface area contributed by atoms with Crippen molar-refractivity contribution < 1.29 is 9.90 Å². The van der Waals surface area contributed by atoms with Crippen molar-refractivity contribution in [1.29, 1.82) is 0 Å². The van der Waals surface area contributed by atoms with Gasteiger partial charge in [0.25, 0.3) is 0 Å². The van der Waals surface area contributed by atoms with E-state index in [9.17, 15) is 4.79 Å². The van der Waals surface area contributed by atoms with Crippen LogP contribution in [0.25, 0.3) is 0 Å². The monoisotopic (exact) mass is 212 g/mol. The van der Waals surface area contributed by atoms with Crippen LogP contribution >= 0.6 is 11.5 Å². The first-order valence-electron chi connectivity index (χ1n) is 4.67. The molecule has 1 heterocycles. The van der Waals surface area contributed by atoms with E-state index in [2.05, 4.69) is 9.69 Å². The highest BCUT2D eigenvalue weighted by Crippen LogP contribution is 2.20. The van der Waals surface area contributed by atoms with Gasteiger partial charge in [-0.05, 0) is 24.4 Å². The topological polar surface area (TPSA) is 62.2 Å². The Labute approximate surface area is 86.1 Å². The lowest BCUT2D eigenvalue weighted by atomic mass is 9.93. The predicted molar refractivity (Wildman–Crippen MR) is 53.6 cm³/mol. The van der Waals surface area contributed by atoms with Crippen LogP contribution in [0, 0.1) is 0 Å². The lowest BCUT2D eigenvalue weighted by molar-refractivity contribution is 0.0701. The van der Waals surface area contributed by atoms with Crippen molar-refractivity contribution in [3.05, 3.63) is 16.6 Å². The second kappa shape index (κ2) is 4.06. The molecule has 4 nitrogen and oxygen atoms in total. The van der Waals surface area contributed by atoms with E-state index in [1.54, 1.807) is 6.20 Å². The molecule has 0 atom stereocenters. The first-order chi connectivity index (χ1) is 6.77. The molecular formula is C9H12N2O2S. The molecule has 0 radical (unpaired) electrons. The molecule has 1 saturated carbocycles. The zero-order valence-electron chi connectivity index (χ0n) is 7.69. The fraction of sp³-hybridized carbons (Fsp3) is 0.556. The maximum Gasteiger partial charge on any atom is 0.347 e. The van der Waals surface area contributed by atoms with Crippen LogP contribution in [-0.2, 0) is 6.54 Å². The van der Waals surface area contributed by atoms with Gasteiger partial charge in [-0.3, -0.25) is 0 Å². The molecule has 76 valence electrons. The summed E-state index contributed by atoms with van der Waals surface area (Å²) < 4.78 is 3.89. The fourth-order valence-electron chi connectivity index (χ4n) is 1.43. The van der Waals surface area contributed by atoms with Gasteiger partial charge in [0.2, 0.25) is 0 Å². The van der Waals surface area contributed by atoms with Gasteiger partial charge >= 0.3 is 5.97 Å². The van der Waals surface area contributed by atoms with E-state index in [0.717, 1.165) is 17.1 Å². The van der Waals surface area contributed by atoms with E-state index in [-0.39, 0.29) is 0 Å².